The summed E-state index contributed by atoms with van der Waals surface area (Å²) in [5.41, 5.74) is 0. The van der Waals surface area contributed by atoms with E-state index in [4.69, 9.17) is 0 Å². The van der Waals surface area contributed by atoms with Gasteiger partial charge in [0.05, 0.1) is 0 Å². The summed E-state index contributed by atoms with van der Waals surface area (Å²) >= 11 is 2.22. The molecule has 3 aliphatic heterocycles. The minimum atomic E-state index is 0.00400. The molecule has 5 heteroatoms. The molecule has 3 unspecified atom stereocenters. The number of halogens is 1. The SMILES string of the molecule is CC1CC2CCN1C[C@@H]2NC(=O)n1ccc(I)c1. The maximum atomic E-state index is 12.1. The molecule has 4 heterocycles. The number of hydrogen-bond acceptors (Lipinski definition) is 2. The Morgan fingerprint density at radius 1 is 1.56 bits per heavy atom. The smallest absolute Gasteiger partial charge is 0.325 e. The molecular weight excluding hydrogens is 341 g/mol. The van der Waals surface area contributed by atoms with Crippen LogP contribution in [0.5, 0.6) is 0 Å². The predicted molar refractivity (Wildman–Crippen MR) is 78.6 cm³/mol. The van der Waals surface area contributed by atoms with Crippen molar-refractivity contribution in [3.05, 3.63) is 22.0 Å². The van der Waals surface area contributed by atoms with E-state index in [9.17, 15) is 4.79 Å². The third-order valence-electron chi connectivity index (χ3n) is 4.25. The Hall–Kier alpha value is -0.560. The lowest BCUT2D eigenvalue weighted by Crippen LogP contribution is -2.60. The lowest BCUT2D eigenvalue weighted by molar-refractivity contribution is 0.0322. The van der Waals surface area contributed by atoms with Crippen LogP contribution in [0.4, 0.5) is 4.79 Å². The molecular formula is C13H18IN3O. The summed E-state index contributed by atoms with van der Waals surface area (Å²) in [6, 6.07) is 2.95. The summed E-state index contributed by atoms with van der Waals surface area (Å²) in [7, 11) is 0. The van der Waals surface area contributed by atoms with E-state index in [1.165, 1.54) is 19.4 Å². The molecule has 4 nitrogen and oxygen atoms in total. The number of hydrogen-bond donors (Lipinski definition) is 1. The molecule has 0 aromatic carbocycles. The molecule has 3 fully saturated rings. The molecule has 0 spiro atoms. The predicted octanol–water partition coefficient (Wildman–Crippen LogP) is 2.13. The first-order valence-electron chi connectivity index (χ1n) is 6.52. The fourth-order valence-corrected chi connectivity index (χ4v) is 3.65. The van der Waals surface area contributed by atoms with Crippen molar-refractivity contribution in [3.63, 3.8) is 0 Å². The largest absolute Gasteiger partial charge is 0.333 e. The summed E-state index contributed by atoms with van der Waals surface area (Å²) in [5, 5.41) is 3.18. The second-order valence-corrected chi connectivity index (χ2v) is 6.67. The summed E-state index contributed by atoms with van der Waals surface area (Å²) in [6.07, 6.45) is 6.12. The Morgan fingerprint density at radius 2 is 2.39 bits per heavy atom. The fourth-order valence-electron chi connectivity index (χ4n) is 3.19. The van der Waals surface area contributed by atoms with Crippen LogP contribution in [0.1, 0.15) is 19.8 Å². The van der Waals surface area contributed by atoms with Crippen molar-refractivity contribution in [3.8, 4) is 0 Å². The molecule has 0 radical (unpaired) electrons. The fraction of sp³-hybridized carbons (Fsp3) is 0.615. The highest BCUT2D eigenvalue weighted by molar-refractivity contribution is 14.1. The number of amides is 1. The van der Waals surface area contributed by atoms with Crippen LogP contribution in [-0.2, 0) is 0 Å². The highest BCUT2D eigenvalue weighted by atomic mass is 127. The lowest BCUT2D eigenvalue weighted by Gasteiger charge is -2.48. The minimum absolute atomic E-state index is 0.00400. The summed E-state index contributed by atoms with van der Waals surface area (Å²) < 4.78 is 2.73. The first-order chi connectivity index (χ1) is 8.63. The van der Waals surface area contributed by atoms with E-state index in [2.05, 4.69) is 39.7 Å². The van der Waals surface area contributed by atoms with Crippen LogP contribution in [-0.4, -0.2) is 40.7 Å². The number of carbonyl (C=O) groups is 1. The number of nitrogens with zero attached hydrogens (tertiary/aromatic N) is 2. The molecule has 2 bridgehead atoms. The molecule has 1 N–H and O–H groups in total. The number of fused-ring (bicyclic) bond motifs is 3. The van der Waals surface area contributed by atoms with Crippen LogP contribution in [0.2, 0.25) is 0 Å². The van der Waals surface area contributed by atoms with Gasteiger partial charge in [0.1, 0.15) is 0 Å². The van der Waals surface area contributed by atoms with Crippen molar-refractivity contribution in [1.29, 1.82) is 0 Å². The Balaban J connectivity index is 1.65. The normalized spacial score (nSPS) is 34.6. The second kappa shape index (κ2) is 4.85. The van der Waals surface area contributed by atoms with Crippen LogP contribution in [0.15, 0.2) is 18.5 Å². The van der Waals surface area contributed by atoms with E-state index in [1.54, 1.807) is 4.57 Å². The van der Waals surface area contributed by atoms with E-state index in [0.717, 1.165) is 10.1 Å². The van der Waals surface area contributed by atoms with E-state index in [1.807, 2.05) is 18.5 Å². The van der Waals surface area contributed by atoms with Crippen molar-refractivity contribution in [2.45, 2.75) is 31.8 Å². The van der Waals surface area contributed by atoms with Crippen molar-refractivity contribution in [2.24, 2.45) is 5.92 Å². The Kier molecular flexibility index (Phi) is 3.36. The van der Waals surface area contributed by atoms with Crippen molar-refractivity contribution >= 4 is 28.6 Å². The van der Waals surface area contributed by atoms with Gasteiger partial charge >= 0.3 is 6.03 Å². The highest BCUT2D eigenvalue weighted by Gasteiger charge is 2.38. The first-order valence-corrected chi connectivity index (χ1v) is 7.60. The minimum Gasteiger partial charge on any atom is -0.333 e. The number of piperidine rings is 3. The van der Waals surface area contributed by atoms with Crippen LogP contribution in [0, 0.1) is 9.49 Å². The highest BCUT2D eigenvalue weighted by Crippen LogP contribution is 2.31. The van der Waals surface area contributed by atoms with E-state index < -0.39 is 0 Å². The van der Waals surface area contributed by atoms with Crippen LogP contribution in [0.25, 0.3) is 0 Å². The molecule has 98 valence electrons. The Labute approximate surface area is 121 Å². The average molecular weight is 359 g/mol. The number of carbonyl (C=O) groups excluding carboxylic acids is 1. The van der Waals surface area contributed by atoms with Gasteiger partial charge in [-0.05, 0) is 60.9 Å². The van der Waals surface area contributed by atoms with Crippen LogP contribution >= 0.6 is 22.6 Å². The van der Waals surface area contributed by atoms with Gasteiger partial charge in [-0.15, -0.1) is 0 Å². The van der Waals surface area contributed by atoms with Gasteiger partial charge in [-0.25, -0.2) is 4.79 Å². The van der Waals surface area contributed by atoms with E-state index >= 15 is 0 Å². The van der Waals surface area contributed by atoms with Crippen molar-refractivity contribution in [2.75, 3.05) is 13.1 Å². The van der Waals surface area contributed by atoms with Gasteiger partial charge in [0.2, 0.25) is 0 Å². The monoisotopic (exact) mass is 359 g/mol. The van der Waals surface area contributed by atoms with Gasteiger partial charge in [-0.3, -0.25) is 9.47 Å². The third-order valence-corrected chi connectivity index (χ3v) is 4.89. The summed E-state index contributed by atoms with van der Waals surface area (Å²) in [6.45, 7) is 4.49. The number of rotatable bonds is 1. The van der Waals surface area contributed by atoms with Gasteiger partial charge in [-0.2, -0.15) is 0 Å². The number of aromatic nitrogens is 1. The standard InChI is InChI=1S/C13H18IN3O/c1-9-6-10-2-4-16(9)8-12(10)15-13(18)17-5-3-11(14)7-17/h3,5,7,9-10,12H,2,4,6,8H2,1H3,(H,15,18)/t9?,10?,12-/m0/s1. The molecule has 1 amide bonds. The molecule has 4 rings (SSSR count). The topological polar surface area (TPSA) is 37.3 Å². The molecule has 1 aromatic rings. The average Bonchev–Trinajstić information content (AvgIpc) is 2.77. The maximum Gasteiger partial charge on any atom is 0.325 e. The van der Waals surface area contributed by atoms with Gasteiger partial charge in [-0.1, -0.05) is 0 Å². The van der Waals surface area contributed by atoms with E-state index in [0.29, 0.717) is 18.0 Å². The van der Waals surface area contributed by atoms with Crippen LogP contribution in [0.3, 0.4) is 0 Å². The first kappa shape index (κ1) is 12.5. The van der Waals surface area contributed by atoms with Gasteiger partial charge in [0.25, 0.3) is 0 Å². The molecule has 0 aliphatic carbocycles. The quantitative estimate of drug-likeness (QED) is 0.781. The Bertz CT molecular complexity index is 459. The van der Waals surface area contributed by atoms with Gasteiger partial charge < -0.3 is 5.32 Å². The van der Waals surface area contributed by atoms with Crippen molar-refractivity contribution < 1.29 is 4.79 Å². The third kappa shape index (κ3) is 2.30. The van der Waals surface area contributed by atoms with Crippen molar-refractivity contribution in [1.82, 2.24) is 14.8 Å². The molecule has 3 saturated heterocycles. The van der Waals surface area contributed by atoms with E-state index in [-0.39, 0.29) is 6.03 Å². The second-order valence-electron chi connectivity index (χ2n) is 5.42. The van der Waals surface area contributed by atoms with Gasteiger partial charge in [0, 0.05) is 34.6 Å². The zero-order valence-corrected chi connectivity index (χ0v) is 12.6. The Morgan fingerprint density at radius 3 is 2.94 bits per heavy atom. The summed E-state index contributed by atoms with van der Waals surface area (Å²) in [4.78, 5) is 14.6. The molecule has 4 atom stereocenters. The van der Waals surface area contributed by atoms with Crippen LogP contribution < -0.4 is 5.32 Å². The number of nitrogens with one attached hydrogen (secondary N) is 1. The molecule has 0 saturated carbocycles. The lowest BCUT2D eigenvalue weighted by atomic mass is 9.80. The molecule has 18 heavy (non-hydrogen) atoms. The zero-order valence-electron chi connectivity index (χ0n) is 10.5. The van der Waals surface area contributed by atoms with Gasteiger partial charge in [0.15, 0.2) is 0 Å². The maximum absolute atomic E-state index is 12.1. The summed E-state index contributed by atoms with van der Waals surface area (Å²) in [5.74, 6) is 0.656. The molecule has 3 aliphatic rings. The molecule has 1 aromatic heterocycles. The zero-order chi connectivity index (χ0) is 12.7.